The van der Waals surface area contributed by atoms with E-state index in [1.807, 2.05) is 0 Å². The lowest BCUT2D eigenvalue weighted by Gasteiger charge is -2.16. The van der Waals surface area contributed by atoms with E-state index in [4.69, 9.17) is 5.11 Å². The minimum atomic E-state index is -2.36. The van der Waals surface area contributed by atoms with Crippen LogP contribution in [0.2, 0.25) is 0 Å². The molecule has 1 aromatic rings. The van der Waals surface area contributed by atoms with Gasteiger partial charge in [-0.15, -0.1) is 0 Å². The Labute approximate surface area is 75.2 Å². The average molecular weight is 183 g/mol. The zero-order valence-corrected chi connectivity index (χ0v) is 7.41. The lowest BCUT2D eigenvalue weighted by Crippen LogP contribution is -2.27. The van der Waals surface area contributed by atoms with Crippen LogP contribution in [0.3, 0.4) is 0 Å². The Kier molecular flexibility index (Phi) is 2.32. The molecular formula is C9H10FNO2. The van der Waals surface area contributed by atoms with E-state index in [9.17, 15) is 9.18 Å². The van der Waals surface area contributed by atoms with Crippen LogP contribution in [-0.4, -0.2) is 16.1 Å². The van der Waals surface area contributed by atoms with Gasteiger partial charge in [0.15, 0.2) is 0 Å². The summed E-state index contributed by atoms with van der Waals surface area (Å²) in [6.07, 6.45) is 2.74. The molecular weight excluding hydrogens is 173 g/mol. The Balaban J connectivity index is 3.22. The van der Waals surface area contributed by atoms with Gasteiger partial charge in [0, 0.05) is 18.0 Å². The highest BCUT2D eigenvalue weighted by Crippen LogP contribution is 2.27. The Bertz CT molecular complexity index is 336. The van der Waals surface area contributed by atoms with Crippen LogP contribution < -0.4 is 0 Å². The van der Waals surface area contributed by atoms with Gasteiger partial charge in [-0.05, 0) is 25.5 Å². The normalized spacial score (nSPS) is 15.0. The number of carboxylic acid groups (broad SMARTS) is 1. The van der Waals surface area contributed by atoms with E-state index in [2.05, 4.69) is 4.98 Å². The summed E-state index contributed by atoms with van der Waals surface area (Å²) in [5, 5.41) is 8.62. The molecule has 4 heteroatoms. The van der Waals surface area contributed by atoms with Crippen molar-refractivity contribution in [2.24, 2.45) is 0 Å². The summed E-state index contributed by atoms with van der Waals surface area (Å²) >= 11 is 0. The minimum Gasteiger partial charge on any atom is -0.479 e. The van der Waals surface area contributed by atoms with Crippen molar-refractivity contribution >= 4 is 5.97 Å². The number of rotatable bonds is 2. The smallest absolute Gasteiger partial charge is 0.345 e. The lowest BCUT2D eigenvalue weighted by atomic mass is 9.96. The van der Waals surface area contributed by atoms with Gasteiger partial charge in [0.25, 0.3) is 0 Å². The Morgan fingerprint density at radius 1 is 1.69 bits per heavy atom. The van der Waals surface area contributed by atoms with E-state index in [1.165, 1.54) is 12.4 Å². The molecule has 0 aliphatic rings. The van der Waals surface area contributed by atoms with Crippen molar-refractivity contribution in [3.8, 4) is 0 Å². The predicted octanol–water partition coefficient (Wildman–Crippen LogP) is 1.66. The molecule has 3 nitrogen and oxygen atoms in total. The maximum atomic E-state index is 13.6. The molecule has 70 valence electrons. The van der Waals surface area contributed by atoms with Crippen molar-refractivity contribution < 1.29 is 14.3 Å². The molecule has 0 amide bonds. The summed E-state index contributed by atoms with van der Waals surface area (Å²) in [6.45, 7) is 2.66. The summed E-state index contributed by atoms with van der Waals surface area (Å²) in [5.41, 5.74) is -1.68. The number of aliphatic carboxylic acids is 1. The highest BCUT2D eigenvalue weighted by molar-refractivity contribution is 5.79. The zero-order chi connectivity index (χ0) is 10.1. The molecule has 0 aliphatic carbocycles. The molecule has 1 N–H and O–H groups in total. The molecule has 0 spiro atoms. The summed E-state index contributed by atoms with van der Waals surface area (Å²) in [5.74, 6) is -1.50. The van der Waals surface area contributed by atoms with Crippen molar-refractivity contribution in [3.05, 3.63) is 29.6 Å². The van der Waals surface area contributed by atoms with Gasteiger partial charge in [0.05, 0.1) is 0 Å². The Morgan fingerprint density at radius 3 is 2.77 bits per heavy atom. The van der Waals surface area contributed by atoms with Crippen LogP contribution in [0.4, 0.5) is 4.39 Å². The molecule has 1 atom stereocenters. The van der Waals surface area contributed by atoms with Crippen molar-refractivity contribution in [2.75, 3.05) is 0 Å². The molecule has 0 bridgehead atoms. The fourth-order valence-corrected chi connectivity index (χ4v) is 1.07. The molecule has 0 aromatic carbocycles. The molecule has 1 aromatic heterocycles. The molecule has 1 unspecified atom stereocenters. The molecule has 0 radical (unpaired) electrons. The number of halogens is 1. The van der Waals surface area contributed by atoms with Gasteiger partial charge in [-0.25, -0.2) is 9.18 Å². The summed E-state index contributed by atoms with van der Waals surface area (Å²) in [7, 11) is 0. The monoisotopic (exact) mass is 183 g/mol. The van der Waals surface area contributed by atoms with Crippen LogP contribution in [0.1, 0.15) is 18.1 Å². The minimum absolute atomic E-state index is 0.0995. The second-order valence-electron chi connectivity index (χ2n) is 3.00. The van der Waals surface area contributed by atoms with Gasteiger partial charge in [-0.1, -0.05) is 0 Å². The second-order valence-corrected chi connectivity index (χ2v) is 3.00. The summed E-state index contributed by atoms with van der Waals surface area (Å²) < 4.78 is 13.6. The molecule has 13 heavy (non-hydrogen) atoms. The number of hydrogen-bond donors (Lipinski definition) is 1. The van der Waals surface area contributed by atoms with Gasteiger partial charge in [0.2, 0.25) is 5.67 Å². The van der Waals surface area contributed by atoms with E-state index in [1.54, 1.807) is 13.0 Å². The topological polar surface area (TPSA) is 50.2 Å². The van der Waals surface area contributed by atoms with Crippen molar-refractivity contribution in [2.45, 2.75) is 19.5 Å². The van der Waals surface area contributed by atoms with Crippen molar-refractivity contribution in [1.82, 2.24) is 4.98 Å². The largest absolute Gasteiger partial charge is 0.479 e. The lowest BCUT2D eigenvalue weighted by molar-refractivity contribution is -0.150. The van der Waals surface area contributed by atoms with E-state index in [-0.39, 0.29) is 5.56 Å². The first-order chi connectivity index (χ1) is 5.96. The van der Waals surface area contributed by atoms with Crippen LogP contribution in [0.25, 0.3) is 0 Å². The van der Waals surface area contributed by atoms with Crippen molar-refractivity contribution in [3.63, 3.8) is 0 Å². The number of carboxylic acids is 1. The SMILES string of the molecule is Cc1ccncc1C(C)(F)C(=O)O. The van der Waals surface area contributed by atoms with Gasteiger partial charge in [0.1, 0.15) is 0 Å². The number of carbonyl (C=O) groups is 1. The fraction of sp³-hybridized carbons (Fsp3) is 0.333. The van der Waals surface area contributed by atoms with Crippen LogP contribution in [0, 0.1) is 6.92 Å². The molecule has 0 aliphatic heterocycles. The maximum Gasteiger partial charge on any atom is 0.345 e. The number of pyridine rings is 1. The second kappa shape index (κ2) is 3.12. The van der Waals surface area contributed by atoms with Crippen LogP contribution >= 0.6 is 0 Å². The number of alkyl halides is 1. The van der Waals surface area contributed by atoms with Gasteiger partial charge in [-0.2, -0.15) is 0 Å². The highest BCUT2D eigenvalue weighted by atomic mass is 19.1. The Morgan fingerprint density at radius 2 is 2.31 bits per heavy atom. The van der Waals surface area contributed by atoms with Gasteiger partial charge >= 0.3 is 5.97 Å². The first-order valence-corrected chi connectivity index (χ1v) is 3.79. The first-order valence-electron chi connectivity index (χ1n) is 3.79. The number of nitrogens with zero attached hydrogens (tertiary/aromatic N) is 1. The number of aromatic nitrogens is 1. The first kappa shape index (κ1) is 9.64. The van der Waals surface area contributed by atoms with Crippen LogP contribution in [0.15, 0.2) is 18.5 Å². The summed E-state index contributed by atoms with van der Waals surface area (Å²) in [4.78, 5) is 14.3. The highest BCUT2D eigenvalue weighted by Gasteiger charge is 2.36. The number of aryl methyl sites for hydroxylation is 1. The quantitative estimate of drug-likeness (QED) is 0.758. The predicted molar refractivity (Wildman–Crippen MR) is 45.1 cm³/mol. The van der Waals surface area contributed by atoms with E-state index >= 15 is 0 Å². The zero-order valence-electron chi connectivity index (χ0n) is 7.41. The molecule has 0 fully saturated rings. The van der Waals surface area contributed by atoms with E-state index in [0.29, 0.717) is 5.56 Å². The standard InChI is InChI=1S/C9H10FNO2/c1-6-3-4-11-5-7(6)9(2,10)8(12)13/h3-5H,1-2H3,(H,12,13). The third-order valence-electron chi connectivity index (χ3n) is 1.95. The molecule has 1 rings (SSSR count). The summed E-state index contributed by atoms with van der Waals surface area (Å²) in [6, 6.07) is 1.58. The molecule has 0 saturated heterocycles. The van der Waals surface area contributed by atoms with E-state index in [0.717, 1.165) is 6.92 Å². The Hall–Kier alpha value is -1.45. The van der Waals surface area contributed by atoms with Gasteiger partial charge < -0.3 is 5.11 Å². The molecule has 0 saturated carbocycles. The third-order valence-corrected chi connectivity index (χ3v) is 1.95. The van der Waals surface area contributed by atoms with Crippen molar-refractivity contribution in [1.29, 1.82) is 0 Å². The maximum absolute atomic E-state index is 13.6. The van der Waals surface area contributed by atoms with Crippen LogP contribution in [-0.2, 0) is 10.5 Å². The average Bonchev–Trinajstić information content (AvgIpc) is 2.04. The molecule has 1 heterocycles. The van der Waals surface area contributed by atoms with Gasteiger partial charge in [-0.3, -0.25) is 4.98 Å². The fourth-order valence-electron chi connectivity index (χ4n) is 1.07. The van der Waals surface area contributed by atoms with E-state index < -0.39 is 11.6 Å². The van der Waals surface area contributed by atoms with Crippen LogP contribution in [0.5, 0.6) is 0 Å². The third kappa shape index (κ3) is 1.66. The number of hydrogen-bond acceptors (Lipinski definition) is 2.